The molecule has 0 saturated heterocycles. The SMILES string of the molecule is O=C([O-])COc1ccccc1/C=N\Nc1ccc(F)cc1. The van der Waals surface area contributed by atoms with Gasteiger partial charge in [-0.15, -0.1) is 0 Å². The molecule has 2 aromatic rings. The lowest BCUT2D eigenvalue weighted by Crippen LogP contribution is -2.29. The van der Waals surface area contributed by atoms with Crippen molar-refractivity contribution in [2.45, 2.75) is 0 Å². The van der Waals surface area contributed by atoms with E-state index in [1.807, 2.05) is 0 Å². The van der Waals surface area contributed by atoms with Crippen LogP contribution in [0.15, 0.2) is 53.6 Å². The zero-order valence-electron chi connectivity index (χ0n) is 11.0. The first kappa shape index (κ1) is 14.5. The fourth-order valence-corrected chi connectivity index (χ4v) is 1.56. The number of hydrazone groups is 1. The highest BCUT2D eigenvalue weighted by Crippen LogP contribution is 2.16. The summed E-state index contributed by atoms with van der Waals surface area (Å²) in [7, 11) is 0. The van der Waals surface area contributed by atoms with Crippen molar-refractivity contribution < 1.29 is 19.0 Å². The van der Waals surface area contributed by atoms with E-state index in [0.717, 1.165) is 0 Å². The van der Waals surface area contributed by atoms with Gasteiger partial charge in [-0.1, -0.05) is 12.1 Å². The molecule has 0 heterocycles. The summed E-state index contributed by atoms with van der Waals surface area (Å²) in [5.41, 5.74) is 3.96. The highest BCUT2D eigenvalue weighted by molar-refractivity contribution is 5.84. The van der Waals surface area contributed by atoms with Crippen molar-refractivity contribution in [3.05, 3.63) is 59.9 Å². The Balaban J connectivity index is 2.03. The van der Waals surface area contributed by atoms with Gasteiger partial charge in [-0.3, -0.25) is 5.43 Å². The van der Waals surface area contributed by atoms with Crippen molar-refractivity contribution in [2.75, 3.05) is 12.0 Å². The molecule has 6 heteroatoms. The summed E-state index contributed by atoms with van der Waals surface area (Å²) < 4.78 is 17.8. The lowest BCUT2D eigenvalue weighted by Gasteiger charge is -2.09. The Morgan fingerprint density at radius 2 is 1.95 bits per heavy atom. The molecule has 2 rings (SSSR count). The molecule has 0 aliphatic carbocycles. The van der Waals surface area contributed by atoms with Gasteiger partial charge < -0.3 is 14.6 Å². The van der Waals surface area contributed by atoms with E-state index in [4.69, 9.17) is 4.74 Å². The lowest BCUT2D eigenvalue weighted by molar-refractivity contribution is -0.307. The molecule has 0 fully saturated rings. The van der Waals surface area contributed by atoms with Gasteiger partial charge >= 0.3 is 0 Å². The number of anilines is 1. The molecular weight excluding hydrogens is 275 g/mol. The van der Waals surface area contributed by atoms with Crippen LogP contribution in [0.5, 0.6) is 5.75 Å². The molecule has 0 atom stereocenters. The topological polar surface area (TPSA) is 73.8 Å². The van der Waals surface area contributed by atoms with Crippen molar-refractivity contribution in [1.82, 2.24) is 0 Å². The summed E-state index contributed by atoms with van der Waals surface area (Å²) in [6.07, 6.45) is 1.48. The minimum atomic E-state index is -1.30. The molecule has 1 N–H and O–H groups in total. The number of nitrogens with zero attached hydrogens (tertiary/aromatic N) is 1. The van der Waals surface area contributed by atoms with Gasteiger partial charge in [-0.2, -0.15) is 5.10 Å². The Labute approximate surface area is 120 Å². The molecule has 0 bridgehead atoms. The number of ether oxygens (including phenoxy) is 1. The molecule has 0 aliphatic heterocycles. The van der Waals surface area contributed by atoms with Gasteiger partial charge in [0.1, 0.15) is 18.2 Å². The minimum absolute atomic E-state index is 0.328. The van der Waals surface area contributed by atoms with Gasteiger partial charge in [0, 0.05) is 5.56 Å². The van der Waals surface area contributed by atoms with E-state index in [2.05, 4.69) is 10.5 Å². The van der Waals surface area contributed by atoms with E-state index in [0.29, 0.717) is 17.0 Å². The number of hydrogen-bond acceptors (Lipinski definition) is 5. The number of aliphatic carboxylic acids is 1. The summed E-state index contributed by atoms with van der Waals surface area (Å²) in [6, 6.07) is 12.6. The van der Waals surface area contributed by atoms with E-state index in [1.54, 1.807) is 36.4 Å². The maximum atomic E-state index is 12.7. The number of rotatable bonds is 6. The number of halogens is 1. The number of carbonyl (C=O) groups excluding carboxylic acids is 1. The van der Waals surface area contributed by atoms with Crippen LogP contribution in [0.1, 0.15) is 5.56 Å². The largest absolute Gasteiger partial charge is 0.546 e. The normalized spacial score (nSPS) is 10.5. The van der Waals surface area contributed by atoms with Crippen LogP contribution in [0.3, 0.4) is 0 Å². The van der Waals surface area contributed by atoms with Gasteiger partial charge in [0.2, 0.25) is 0 Å². The van der Waals surface area contributed by atoms with Crippen molar-refractivity contribution in [3.63, 3.8) is 0 Å². The Morgan fingerprint density at radius 1 is 1.24 bits per heavy atom. The number of nitrogens with one attached hydrogen (secondary N) is 1. The maximum Gasteiger partial charge on any atom is 0.128 e. The number of carboxylic acid groups (broad SMARTS) is 1. The smallest absolute Gasteiger partial charge is 0.128 e. The molecule has 0 saturated carbocycles. The first-order chi connectivity index (χ1) is 10.1. The summed E-state index contributed by atoms with van der Waals surface area (Å²) in [6.45, 7) is -0.532. The first-order valence-corrected chi connectivity index (χ1v) is 6.11. The van der Waals surface area contributed by atoms with Gasteiger partial charge in [-0.05, 0) is 36.4 Å². The maximum absolute atomic E-state index is 12.7. The summed E-state index contributed by atoms with van der Waals surface area (Å²) in [4.78, 5) is 10.4. The standard InChI is InChI=1S/C15H13FN2O3/c16-12-5-7-13(8-6-12)18-17-9-11-3-1-2-4-14(11)21-10-15(19)20/h1-9,18H,10H2,(H,19,20)/p-1/b17-9-. The third-order valence-electron chi connectivity index (χ3n) is 2.51. The second-order valence-corrected chi connectivity index (χ2v) is 4.08. The second kappa shape index (κ2) is 7.04. The van der Waals surface area contributed by atoms with Crippen LogP contribution in [0.4, 0.5) is 10.1 Å². The van der Waals surface area contributed by atoms with Crippen LogP contribution >= 0.6 is 0 Å². The molecule has 0 aromatic heterocycles. The lowest BCUT2D eigenvalue weighted by atomic mass is 10.2. The number of hydrogen-bond donors (Lipinski definition) is 1. The number of para-hydroxylation sites is 1. The summed E-state index contributed by atoms with van der Waals surface area (Å²) in [5.74, 6) is -1.25. The van der Waals surface area contributed by atoms with Crippen molar-refractivity contribution in [2.24, 2.45) is 5.10 Å². The molecule has 21 heavy (non-hydrogen) atoms. The van der Waals surface area contributed by atoms with Crippen LogP contribution in [0, 0.1) is 5.82 Å². The van der Waals surface area contributed by atoms with Crippen molar-refractivity contribution >= 4 is 17.9 Å². The van der Waals surface area contributed by atoms with E-state index >= 15 is 0 Å². The van der Waals surface area contributed by atoms with Crippen LogP contribution in [-0.4, -0.2) is 18.8 Å². The second-order valence-electron chi connectivity index (χ2n) is 4.08. The number of carboxylic acids is 1. The highest BCUT2D eigenvalue weighted by atomic mass is 19.1. The quantitative estimate of drug-likeness (QED) is 0.644. The zero-order chi connectivity index (χ0) is 15.1. The van der Waals surface area contributed by atoms with E-state index in [1.165, 1.54) is 18.3 Å². The van der Waals surface area contributed by atoms with Crippen LogP contribution in [0.25, 0.3) is 0 Å². The Kier molecular flexibility index (Phi) is 4.87. The third kappa shape index (κ3) is 4.61. The monoisotopic (exact) mass is 287 g/mol. The molecule has 0 radical (unpaired) electrons. The van der Waals surface area contributed by atoms with Crippen LogP contribution in [-0.2, 0) is 4.79 Å². The average Bonchev–Trinajstić information content (AvgIpc) is 2.48. The average molecular weight is 287 g/mol. The molecule has 0 spiro atoms. The Bertz CT molecular complexity index is 642. The predicted molar refractivity (Wildman–Crippen MR) is 74.6 cm³/mol. The first-order valence-electron chi connectivity index (χ1n) is 6.11. The fourth-order valence-electron chi connectivity index (χ4n) is 1.56. The van der Waals surface area contributed by atoms with Gasteiger partial charge in [0.25, 0.3) is 0 Å². The fraction of sp³-hybridized carbons (Fsp3) is 0.0667. The van der Waals surface area contributed by atoms with E-state index in [9.17, 15) is 14.3 Å². The molecule has 0 aliphatic rings. The zero-order valence-corrected chi connectivity index (χ0v) is 11.0. The van der Waals surface area contributed by atoms with Crippen LogP contribution in [0.2, 0.25) is 0 Å². The van der Waals surface area contributed by atoms with E-state index in [-0.39, 0.29) is 5.82 Å². The van der Waals surface area contributed by atoms with Crippen LogP contribution < -0.4 is 15.3 Å². The molecule has 5 nitrogen and oxygen atoms in total. The highest BCUT2D eigenvalue weighted by Gasteiger charge is 2.00. The molecule has 108 valence electrons. The summed E-state index contributed by atoms with van der Waals surface area (Å²) >= 11 is 0. The molecule has 0 unspecified atom stereocenters. The van der Waals surface area contributed by atoms with Gasteiger partial charge in [0.05, 0.1) is 17.9 Å². The van der Waals surface area contributed by atoms with Crippen molar-refractivity contribution in [1.29, 1.82) is 0 Å². The Morgan fingerprint density at radius 3 is 2.67 bits per heavy atom. The minimum Gasteiger partial charge on any atom is -0.546 e. The third-order valence-corrected chi connectivity index (χ3v) is 2.51. The summed E-state index contributed by atoms with van der Waals surface area (Å²) in [5, 5.41) is 14.4. The molecule has 0 amide bonds. The van der Waals surface area contributed by atoms with Gasteiger partial charge in [0.15, 0.2) is 0 Å². The van der Waals surface area contributed by atoms with Crippen molar-refractivity contribution in [3.8, 4) is 5.75 Å². The van der Waals surface area contributed by atoms with E-state index < -0.39 is 12.6 Å². The Hall–Kier alpha value is -2.89. The predicted octanol–water partition coefficient (Wildman–Crippen LogP) is 1.40. The molecular formula is C15H12FN2O3-. The molecule has 2 aromatic carbocycles. The number of carbonyl (C=O) groups is 1. The number of benzene rings is 2. The van der Waals surface area contributed by atoms with Gasteiger partial charge in [-0.25, -0.2) is 4.39 Å².